The number of ether oxygens (including phenoxy) is 1. The molecule has 3 aromatic carbocycles. The van der Waals surface area contributed by atoms with Crippen LogP contribution in [0.5, 0.6) is 5.88 Å². The topological polar surface area (TPSA) is 42.3 Å². The van der Waals surface area contributed by atoms with Gasteiger partial charge in [-0.25, -0.2) is 4.68 Å². The Balaban J connectivity index is 1.54. The zero-order chi connectivity index (χ0) is 19.6. The minimum atomic E-state index is 0.643. The second-order valence-corrected chi connectivity index (χ2v) is 7.27. The first-order chi connectivity index (χ1) is 14.3. The monoisotopic (exact) mass is 384 g/mol. The zero-order valence-electron chi connectivity index (χ0n) is 16.5. The molecule has 0 amide bonds. The fourth-order valence-corrected chi connectivity index (χ4v) is 3.97. The predicted octanol–water partition coefficient (Wildman–Crippen LogP) is 4.11. The summed E-state index contributed by atoms with van der Waals surface area (Å²) in [6.07, 6.45) is 0. The number of nitrogens with one attached hydrogen (secondary N) is 1. The number of para-hydroxylation sites is 1. The predicted molar refractivity (Wildman–Crippen MR) is 118 cm³/mol. The molecule has 1 fully saturated rings. The average Bonchev–Trinajstić information content (AvgIpc) is 3.18. The molecule has 0 saturated carbocycles. The van der Waals surface area contributed by atoms with E-state index in [4.69, 9.17) is 4.74 Å². The fraction of sp³-hybridized carbons (Fsp3) is 0.208. The van der Waals surface area contributed by atoms with Gasteiger partial charge in [-0.2, -0.15) is 0 Å². The van der Waals surface area contributed by atoms with Crippen molar-refractivity contribution < 1.29 is 4.74 Å². The summed E-state index contributed by atoms with van der Waals surface area (Å²) in [5, 5.41) is 9.09. The molecular formula is C24H24N4O. The highest BCUT2D eigenvalue weighted by molar-refractivity contribution is 5.90. The summed E-state index contributed by atoms with van der Waals surface area (Å²) in [7, 11) is 1.67. The number of hydrogen-bond acceptors (Lipinski definition) is 4. The number of hydrogen-bond donors (Lipinski definition) is 1. The van der Waals surface area contributed by atoms with E-state index in [0.29, 0.717) is 5.88 Å². The Morgan fingerprint density at radius 1 is 0.828 bits per heavy atom. The Hall–Kier alpha value is -3.31. The number of methoxy groups -OCH3 is 1. The van der Waals surface area contributed by atoms with Gasteiger partial charge in [0.25, 0.3) is 0 Å². The highest BCUT2D eigenvalue weighted by Gasteiger charge is 2.14. The van der Waals surface area contributed by atoms with Crippen molar-refractivity contribution in [3.8, 4) is 22.7 Å². The molecule has 1 aliphatic heterocycles. The Kier molecular flexibility index (Phi) is 4.66. The first-order valence-electron chi connectivity index (χ1n) is 10.0. The van der Waals surface area contributed by atoms with Crippen LogP contribution < -0.4 is 15.0 Å². The van der Waals surface area contributed by atoms with Gasteiger partial charge in [0.05, 0.1) is 23.7 Å². The largest absolute Gasteiger partial charge is 0.479 e. The van der Waals surface area contributed by atoms with Gasteiger partial charge >= 0.3 is 0 Å². The third-order valence-corrected chi connectivity index (χ3v) is 5.52. The first kappa shape index (κ1) is 17.8. The van der Waals surface area contributed by atoms with E-state index in [0.717, 1.165) is 42.8 Å². The second kappa shape index (κ2) is 7.60. The standard InChI is InChI=1S/C24H24N4O/c1-29-24-22-12-9-19(17-23(22)28(26-24)21-5-3-2-4-6-21)18-7-10-20(11-8-18)27-15-13-25-14-16-27/h2-12,17,25H,13-16H2,1H3. The molecule has 0 bridgehead atoms. The van der Waals surface area contributed by atoms with Crippen molar-refractivity contribution in [2.75, 3.05) is 38.2 Å². The van der Waals surface area contributed by atoms with E-state index in [1.807, 2.05) is 22.9 Å². The van der Waals surface area contributed by atoms with Gasteiger partial charge in [0, 0.05) is 31.9 Å². The van der Waals surface area contributed by atoms with Gasteiger partial charge in [0.2, 0.25) is 5.88 Å². The highest BCUT2D eigenvalue weighted by atomic mass is 16.5. The molecule has 0 unspecified atom stereocenters. The van der Waals surface area contributed by atoms with E-state index in [1.165, 1.54) is 16.8 Å². The Morgan fingerprint density at radius 2 is 1.55 bits per heavy atom. The van der Waals surface area contributed by atoms with Crippen LogP contribution in [-0.2, 0) is 0 Å². The van der Waals surface area contributed by atoms with Gasteiger partial charge in [0.15, 0.2) is 0 Å². The first-order valence-corrected chi connectivity index (χ1v) is 10.0. The van der Waals surface area contributed by atoms with E-state index in [-0.39, 0.29) is 0 Å². The number of fused-ring (bicyclic) bond motifs is 1. The van der Waals surface area contributed by atoms with Crippen molar-refractivity contribution in [2.45, 2.75) is 0 Å². The summed E-state index contributed by atoms with van der Waals surface area (Å²) in [5.74, 6) is 0.643. The molecule has 2 heterocycles. The highest BCUT2D eigenvalue weighted by Crippen LogP contribution is 2.32. The minimum absolute atomic E-state index is 0.643. The summed E-state index contributed by atoms with van der Waals surface area (Å²) in [4.78, 5) is 2.43. The second-order valence-electron chi connectivity index (χ2n) is 7.27. The summed E-state index contributed by atoms with van der Waals surface area (Å²) in [5.41, 5.74) is 5.71. The Bertz CT molecular complexity index is 1110. The molecular weight excluding hydrogens is 360 g/mol. The van der Waals surface area contributed by atoms with Crippen LogP contribution in [0.3, 0.4) is 0 Å². The van der Waals surface area contributed by atoms with E-state index < -0.39 is 0 Å². The molecule has 5 nitrogen and oxygen atoms in total. The number of benzene rings is 3. The quantitative estimate of drug-likeness (QED) is 0.575. The van der Waals surface area contributed by atoms with Gasteiger partial charge in [-0.05, 0) is 47.5 Å². The van der Waals surface area contributed by atoms with E-state index in [2.05, 4.69) is 69.9 Å². The van der Waals surface area contributed by atoms with Crippen LogP contribution in [0, 0.1) is 0 Å². The van der Waals surface area contributed by atoms with Crippen LogP contribution in [0.1, 0.15) is 0 Å². The normalized spacial score (nSPS) is 14.3. The third-order valence-electron chi connectivity index (χ3n) is 5.52. The smallest absolute Gasteiger partial charge is 0.240 e. The van der Waals surface area contributed by atoms with E-state index in [1.54, 1.807) is 7.11 Å². The Labute approximate surface area is 170 Å². The summed E-state index contributed by atoms with van der Waals surface area (Å²) < 4.78 is 7.47. The molecule has 5 heteroatoms. The molecule has 5 rings (SSSR count). The van der Waals surface area contributed by atoms with Crippen LogP contribution in [0.25, 0.3) is 27.7 Å². The van der Waals surface area contributed by atoms with E-state index >= 15 is 0 Å². The number of piperazine rings is 1. The van der Waals surface area contributed by atoms with Crippen LogP contribution in [0.15, 0.2) is 72.8 Å². The molecule has 1 saturated heterocycles. The molecule has 0 aliphatic carbocycles. The maximum absolute atomic E-state index is 5.52. The summed E-state index contributed by atoms with van der Waals surface area (Å²) >= 11 is 0. The maximum atomic E-state index is 5.52. The fourth-order valence-electron chi connectivity index (χ4n) is 3.97. The van der Waals surface area contributed by atoms with Crippen molar-refractivity contribution in [1.29, 1.82) is 0 Å². The molecule has 1 N–H and O–H groups in total. The zero-order valence-corrected chi connectivity index (χ0v) is 16.5. The molecule has 146 valence electrons. The molecule has 1 aliphatic rings. The average molecular weight is 384 g/mol. The third kappa shape index (κ3) is 3.34. The SMILES string of the molecule is COc1nn(-c2ccccc2)c2cc(-c3ccc(N4CCNCC4)cc3)ccc12. The molecule has 29 heavy (non-hydrogen) atoms. The van der Waals surface area contributed by atoms with Gasteiger partial charge in [0.1, 0.15) is 0 Å². The lowest BCUT2D eigenvalue weighted by molar-refractivity contribution is 0.398. The molecule has 0 atom stereocenters. The van der Waals surface area contributed by atoms with Crippen LogP contribution >= 0.6 is 0 Å². The van der Waals surface area contributed by atoms with Gasteiger partial charge in [-0.15, -0.1) is 5.10 Å². The van der Waals surface area contributed by atoms with Crippen molar-refractivity contribution in [2.24, 2.45) is 0 Å². The van der Waals surface area contributed by atoms with Crippen LogP contribution in [0.4, 0.5) is 5.69 Å². The van der Waals surface area contributed by atoms with Crippen molar-refractivity contribution >= 4 is 16.6 Å². The summed E-state index contributed by atoms with van der Waals surface area (Å²) in [6.45, 7) is 4.20. The maximum Gasteiger partial charge on any atom is 0.240 e. The van der Waals surface area contributed by atoms with Gasteiger partial charge in [-0.1, -0.05) is 36.4 Å². The number of rotatable bonds is 4. The van der Waals surface area contributed by atoms with Crippen molar-refractivity contribution in [1.82, 2.24) is 15.1 Å². The van der Waals surface area contributed by atoms with Crippen LogP contribution in [0.2, 0.25) is 0 Å². The lowest BCUT2D eigenvalue weighted by Gasteiger charge is -2.29. The molecule has 4 aromatic rings. The number of anilines is 1. The van der Waals surface area contributed by atoms with Gasteiger partial charge in [-0.3, -0.25) is 0 Å². The molecule has 0 radical (unpaired) electrons. The van der Waals surface area contributed by atoms with Crippen molar-refractivity contribution in [3.63, 3.8) is 0 Å². The van der Waals surface area contributed by atoms with E-state index in [9.17, 15) is 0 Å². The summed E-state index contributed by atoms with van der Waals surface area (Å²) in [6, 6.07) is 25.5. The minimum Gasteiger partial charge on any atom is -0.479 e. The molecule has 0 spiro atoms. The van der Waals surface area contributed by atoms with Crippen LogP contribution in [-0.4, -0.2) is 43.1 Å². The number of aromatic nitrogens is 2. The van der Waals surface area contributed by atoms with Crippen molar-refractivity contribution in [3.05, 3.63) is 72.8 Å². The molecule has 1 aromatic heterocycles. The number of nitrogens with zero attached hydrogens (tertiary/aromatic N) is 3. The lowest BCUT2D eigenvalue weighted by atomic mass is 10.0. The van der Waals surface area contributed by atoms with Gasteiger partial charge < -0.3 is 15.0 Å². The lowest BCUT2D eigenvalue weighted by Crippen LogP contribution is -2.43. The Morgan fingerprint density at radius 3 is 2.28 bits per heavy atom.